The molecule has 124 valence electrons. The molecule has 0 heterocycles. The molecule has 0 bridgehead atoms. The Morgan fingerprint density at radius 2 is 1.48 bits per heavy atom. The summed E-state index contributed by atoms with van der Waals surface area (Å²) in [5, 5.41) is 0. The van der Waals surface area contributed by atoms with Crippen molar-refractivity contribution in [3.63, 3.8) is 0 Å². The standard InChI is InChI=1S/C16H13F5OS/c1-2-22-15-11-8-13(9-12-15)7-10-14-5-3-4-6-16(14)23(17,18,19,20)21/h3-6,8-9,11-12H,2H2,1H3. The highest BCUT2D eigenvalue weighted by Gasteiger charge is 2.66. The monoisotopic (exact) mass is 348 g/mol. The van der Waals surface area contributed by atoms with Crippen molar-refractivity contribution in [2.24, 2.45) is 0 Å². The van der Waals surface area contributed by atoms with Gasteiger partial charge in [0.25, 0.3) is 0 Å². The molecule has 0 radical (unpaired) electrons. The lowest BCUT2D eigenvalue weighted by Gasteiger charge is -2.41. The lowest BCUT2D eigenvalue weighted by atomic mass is 10.2. The van der Waals surface area contributed by atoms with Crippen LogP contribution in [0.2, 0.25) is 0 Å². The molecule has 0 N–H and O–H groups in total. The van der Waals surface area contributed by atoms with Crippen LogP contribution in [-0.2, 0) is 0 Å². The summed E-state index contributed by atoms with van der Waals surface area (Å²) in [4.78, 5) is -1.97. The highest BCUT2D eigenvalue weighted by atomic mass is 32.5. The second-order valence-corrected chi connectivity index (χ2v) is 7.05. The number of hydrogen-bond donors (Lipinski definition) is 0. The van der Waals surface area contributed by atoms with E-state index in [4.69, 9.17) is 4.74 Å². The fraction of sp³-hybridized carbons (Fsp3) is 0.125. The van der Waals surface area contributed by atoms with E-state index in [1.807, 2.05) is 6.92 Å². The van der Waals surface area contributed by atoms with E-state index in [2.05, 4.69) is 11.8 Å². The molecule has 1 nitrogen and oxygen atoms in total. The van der Waals surface area contributed by atoms with Gasteiger partial charge in [0, 0.05) is 11.1 Å². The summed E-state index contributed by atoms with van der Waals surface area (Å²) in [6.45, 7) is 2.28. The number of halogens is 5. The van der Waals surface area contributed by atoms with E-state index in [0.717, 1.165) is 12.1 Å². The molecule has 0 aliphatic rings. The summed E-state index contributed by atoms with van der Waals surface area (Å²) in [7, 11) is -9.77. The van der Waals surface area contributed by atoms with E-state index in [0.29, 0.717) is 24.0 Å². The zero-order valence-electron chi connectivity index (χ0n) is 12.0. The highest BCUT2D eigenvalue weighted by molar-refractivity contribution is 8.45. The van der Waals surface area contributed by atoms with Crippen molar-refractivity contribution in [3.8, 4) is 17.6 Å². The zero-order valence-corrected chi connectivity index (χ0v) is 12.8. The average molecular weight is 348 g/mol. The molecule has 0 saturated carbocycles. The van der Waals surface area contributed by atoms with Gasteiger partial charge in [0.15, 0.2) is 0 Å². The van der Waals surface area contributed by atoms with Crippen LogP contribution < -0.4 is 4.74 Å². The maximum absolute atomic E-state index is 13.0. The third kappa shape index (κ3) is 4.63. The minimum atomic E-state index is -9.77. The van der Waals surface area contributed by atoms with E-state index in [1.54, 1.807) is 24.3 Å². The van der Waals surface area contributed by atoms with Crippen LogP contribution in [0.15, 0.2) is 53.4 Å². The van der Waals surface area contributed by atoms with Crippen molar-refractivity contribution in [1.82, 2.24) is 0 Å². The van der Waals surface area contributed by atoms with Gasteiger partial charge in [0.05, 0.1) is 6.61 Å². The van der Waals surface area contributed by atoms with Crippen LogP contribution in [0.4, 0.5) is 19.4 Å². The van der Waals surface area contributed by atoms with E-state index in [-0.39, 0.29) is 0 Å². The van der Waals surface area contributed by atoms with Crippen molar-refractivity contribution in [1.29, 1.82) is 0 Å². The number of benzene rings is 2. The molecular formula is C16H13F5OS. The Labute approximate surface area is 130 Å². The largest absolute Gasteiger partial charge is 0.494 e. The molecule has 23 heavy (non-hydrogen) atoms. The molecule has 0 aromatic heterocycles. The molecule has 0 fully saturated rings. The molecule has 2 rings (SSSR count). The highest BCUT2D eigenvalue weighted by Crippen LogP contribution is 3.02. The van der Waals surface area contributed by atoms with Crippen LogP contribution in [0.25, 0.3) is 0 Å². The third-order valence-electron chi connectivity index (χ3n) is 2.81. The molecule has 7 heteroatoms. The smallest absolute Gasteiger partial charge is 0.311 e. The van der Waals surface area contributed by atoms with Crippen LogP contribution in [0.3, 0.4) is 0 Å². The molecule has 2 aromatic carbocycles. The molecule has 0 amide bonds. The summed E-state index contributed by atoms with van der Waals surface area (Å²) in [5.41, 5.74) is -0.356. The topological polar surface area (TPSA) is 9.23 Å². The van der Waals surface area contributed by atoms with Crippen molar-refractivity contribution in [2.75, 3.05) is 6.61 Å². The maximum atomic E-state index is 13.0. The maximum Gasteiger partial charge on any atom is 0.311 e. The quantitative estimate of drug-likeness (QED) is 0.478. The first kappa shape index (κ1) is 17.2. The fourth-order valence-electron chi connectivity index (χ4n) is 1.85. The van der Waals surface area contributed by atoms with Gasteiger partial charge in [-0.25, -0.2) is 0 Å². The normalized spacial score (nSPS) is 14.2. The molecule has 0 atom stereocenters. The second kappa shape index (κ2) is 5.17. The Morgan fingerprint density at radius 3 is 2.04 bits per heavy atom. The Hall–Kier alpha value is -2.20. The summed E-state index contributed by atoms with van der Waals surface area (Å²) in [6.07, 6.45) is 0. The molecule has 0 spiro atoms. The van der Waals surface area contributed by atoms with Crippen LogP contribution in [0.1, 0.15) is 18.1 Å². The van der Waals surface area contributed by atoms with E-state index >= 15 is 0 Å². The van der Waals surface area contributed by atoms with Gasteiger partial charge in [-0.3, -0.25) is 0 Å². The molecule has 0 unspecified atom stereocenters. The Bertz CT molecular complexity index is 770. The predicted octanol–water partition coefficient (Wildman–Crippen LogP) is 6.14. The van der Waals surface area contributed by atoms with Gasteiger partial charge in [0.1, 0.15) is 10.6 Å². The lowest BCUT2D eigenvalue weighted by molar-refractivity contribution is 0.340. The molecule has 0 saturated heterocycles. The number of rotatable bonds is 3. The predicted molar refractivity (Wildman–Crippen MR) is 81.4 cm³/mol. The van der Waals surface area contributed by atoms with Crippen LogP contribution >= 0.6 is 10.2 Å². The van der Waals surface area contributed by atoms with E-state index in [1.165, 1.54) is 6.07 Å². The second-order valence-electron chi connectivity index (χ2n) is 4.67. The first-order valence-corrected chi connectivity index (χ1v) is 8.53. The van der Waals surface area contributed by atoms with Crippen molar-refractivity contribution < 1.29 is 24.2 Å². The molecule has 2 aromatic rings. The minimum absolute atomic E-state index is 0.351. The third-order valence-corrected chi connectivity index (χ3v) is 4.00. The minimum Gasteiger partial charge on any atom is -0.494 e. The average Bonchev–Trinajstić information content (AvgIpc) is 2.45. The van der Waals surface area contributed by atoms with Crippen molar-refractivity contribution in [3.05, 3.63) is 59.7 Å². The Kier molecular flexibility index (Phi) is 3.86. The van der Waals surface area contributed by atoms with Crippen LogP contribution in [-0.4, -0.2) is 6.61 Å². The van der Waals surface area contributed by atoms with E-state index in [9.17, 15) is 19.4 Å². The van der Waals surface area contributed by atoms with Crippen molar-refractivity contribution in [2.45, 2.75) is 11.8 Å². The summed E-state index contributed by atoms with van der Waals surface area (Å²) in [5.74, 6) is 5.22. The van der Waals surface area contributed by atoms with Gasteiger partial charge >= 0.3 is 10.2 Å². The number of ether oxygens (including phenoxy) is 1. The van der Waals surface area contributed by atoms with Crippen LogP contribution in [0.5, 0.6) is 5.75 Å². The van der Waals surface area contributed by atoms with Gasteiger partial charge < -0.3 is 4.74 Å². The van der Waals surface area contributed by atoms with Crippen molar-refractivity contribution >= 4 is 10.2 Å². The Morgan fingerprint density at radius 1 is 0.870 bits per heavy atom. The molecule has 0 aliphatic heterocycles. The molecular weight excluding hydrogens is 335 g/mol. The summed E-state index contributed by atoms with van der Waals surface area (Å²) >= 11 is 0. The Balaban J connectivity index is 2.40. The lowest BCUT2D eigenvalue weighted by Crippen LogP contribution is -2.08. The fourth-order valence-corrected chi connectivity index (χ4v) is 2.72. The van der Waals surface area contributed by atoms with E-state index < -0.39 is 20.7 Å². The first-order chi connectivity index (χ1) is 10.5. The first-order valence-electron chi connectivity index (χ1n) is 6.57. The zero-order chi connectivity index (χ0) is 17.2. The van der Waals surface area contributed by atoms with Gasteiger partial charge in [-0.05, 0) is 43.3 Å². The number of hydrogen-bond acceptors (Lipinski definition) is 1. The molecule has 0 aliphatic carbocycles. The van der Waals surface area contributed by atoms with Crippen LogP contribution in [0, 0.1) is 11.8 Å². The van der Waals surface area contributed by atoms with Gasteiger partial charge in [-0.2, -0.15) is 0 Å². The summed E-state index contributed by atoms with van der Waals surface area (Å²) < 4.78 is 70.2. The van der Waals surface area contributed by atoms with Gasteiger partial charge in [-0.15, -0.1) is 0 Å². The SMILES string of the molecule is CCOc1ccc(C#Cc2ccccc2S(F)(F)(F)(F)F)cc1. The summed E-state index contributed by atoms with van der Waals surface area (Å²) in [6, 6.07) is 9.71. The van der Waals surface area contributed by atoms with Gasteiger partial charge in [0.2, 0.25) is 0 Å². The van der Waals surface area contributed by atoms with Gasteiger partial charge in [-0.1, -0.05) is 43.4 Å².